The van der Waals surface area contributed by atoms with Gasteiger partial charge in [-0.1, -0.05) is 13.0 Å². The second-order valence-corrected chi connectivity index (χ2v) is 5.34. The van der Waals surface area contributed by atoms with Gasteiger partial charge in [0.1, 0.15) is 5.75 Å². The summed E-state index contributed by atoms with van der Waals surface area (Å²) in [4.78, 5) is 15.6. The minimum absolute atomic E-state index is 0.139. The number of anilines is 1. The van der Waals surface area contributed by atoms with Crippen LogP contribution >= 0.6 is 0 Å². The van der Waals surface area contributed by atoms with Crippen molar-refractivity contribution < 1.29 is 9.53 Å². The number of ether oxygens (including phenoxy) is 1. The molecule has 5 heteroatoms. The molecule has 0 atom stereocenters. The highest BCUT2D eigenvalue weighted by Gasteiger charge is 2.11. The van der Waals surface area contributed by atoms with Crippen molar-refractivity contribution >= 4 is 11.6 Å². The highest BCUT2D eigenvalue weighted by molar-refractivity contribution is 5.77. The van der Waals surface area contributed by atoms with Crippen LogP contribution in [0.3, 0.4) is 0 Å². The van der Waals surface area contributed by atoms with Gasteiger partial charge in [-0.05, 0) is 31.5 Å². The highest BCUT2D eigenvalue weighted by atomic mass is 16.5. The Hall–Kier alpha value is -1.75. The third-order valence-electron chi connectivity index (χ3n) is 3.14. The van der Waals surface area contributed by atoms with E-state index in [9.17, 15) is 4.79 Å². The molecule has 0 aliphatic rings. The quantitative estimate of drug-likeness (QED) is 0.557. The molecule has 0 aliphatic heterocycles. The van der Waals surface area contributed by atoms with Crippen molar-refractivity contribution in [2.45, 2.75) is 19.8 Å². The monoisotopic (exact) mass is 293 g/mol. The van der Waals surface area contributed by atoms with Crippen molar-refractivity contribution in [2.24, 2.45) is 0 Å². The maximum Gasteiger partial charge on any atom is 0.236 e. The van der Waals surface area contributed by atoms with Gasteiger partial charge in [-0.25, -0.2) is 0 Å². The average molecular weight is 293 g/mol. The van der Waals surface area contributed by atoms with Crippen LogP contribution in [0, 0.1) is 0 Å². The van der Waals surface area contributed by atoms with E-state index in [1.54, 1.807) is 19.0 Å². The molecule has 5 nitrogen and oxygen atoms in total. The molecule has 1 aromatic rings. The first-order valence-electron chi connectivity index (χ1n) is 7.43. The van der Waals surface area contributed by atoms with E-state index in [2.05, 4.69) is 11.8 Å². The van der Waals surface area contributed by atoms with Gasteiger partial charge in [-0.2, -0.15) is 0 Å². The van der Waals surface area contributed by atoms with E-state index >= 15 is 0 Å². The van der Waals surface area contributed by atoms with Crippen LogP contribution in [0.25, 0.3) is 0 Å². The molecule has 0 fully saturated rings. The van der Waals surface area contributed by atoms with E-state index in [1.807, 2.05) is 24.3 Å². The maximum absolute atomic E-state index is 11.8. The predicted octanol–water partition coefficient (Wildman–Crippen LogP) is 1.84. The number of benzene rings is 1. The molecule has 0 saturated carbocycles. The molecule has 0 saturated heterocycles. The van der Waals surface area contributed by atoms with Crippen LogP contribution in [0.15, 0.2) is 24.3 Å². The van der Waals surface area contributed by atoms with Crippen LogP contribution in [0.1, 0.15) is 19.8 Å². The van der Waals surface area contributed by atoms with E-state index in [0.717, 1.165) is 31.7 Å². The summed E-state index contributed by atoms with van der Waals surface area (Å²) in [6.45, 7) is 5.00. The van der Waals surface area contributed by atoms with Gasteiger partial charge in [0, 0.05) is 32.4 Å². The number of rotatable bonds is 9. The number of nitrogens with zero attached hydrogens (tertiary/aromatic N) is 2. The molecule has 118 valence electrons. The Morgan fingerprint density at radius 2 is 2.05 bits per heavy atom. The standard InChI is InChI=1S/C16H27N3O2/c1-4-9-19(13-16(20)18(2)3)10-6-11-21-15-8-5-7-14(17)12-15/h5,7-8,12H,4,6,9-11,13,17H2,1-3H3. The Bertz CT molecular complexity index is 435. The zero-order chi connectivity index (χ0) is 15.7. The molecule has 21 heavy (non-hydrogen) atoms. The van der Waals surface area contributed by atoms with Crippen molar-refractivity contribution in [2.75, 3.05) is 46.1 Å². The van der Waals surface area contributed by atoms with Crippen LogP contribution in [0.5, 0.6) is 5.75 Å². The zero-order valence-electron chi connectivity index (χ0n) is 13.3. The molecular formula is C16H27N3O2. The number of amides is 1. The fraction of sp³-hybridized carbons (Fsp3) is 0.562. The topological polar surface area (TPSA) is 58.8 Å². The number of hydrogen-bond donors (Lipinski definition) is 1. The van der Waals surface area contributed by atoms with Crippen molar-refractivity contribution in [1.29, 1.82) is 0 Å². The summed E-state index contributed by atoms with van der Waals surface area (Å²) in [7, 11) is 3.57. The first kappa shape index (κ1) is 17.3. The van der Waals surface area contributed by atoms with Gasteiger partial charge in [0.2, 0.25) is 5.91 Å². The summed E-state index contributed by atoms with van der Waals surface area (Å²) in [5, 5.41) is 0. The number of likely N-dealkylation sites (N-methyl/N-ethyl adjacent to an activating group) is 1. The average Bonchev–Trinajstić information content (AvgIpc) is 2.43. The molecule has 1 rings (SSSR count). The molecule has 2 N–H and O–H groups in total. The summed E-state index contributed by atoms with van der Waals surface area (Å²) in [6, 6.07) is 7.43. The lowest BCUT2D eigenvalue weighted by atomic mass is 10.3. The van der Waals surface area contributed by atoms with Gasteiger partial charge in [0.25, 0.3) is 0 Å². The van der Waals surface area contributed by atoms with Crippen LogP contribution in [0.2, 0.25) is 0 Å². The maximum atomic E-state index is 11.8. The fourth-order valence-electron chi connectivity index (χ4n) is 2.00. The number of hydrogen-bond acceptors (Lipinski definition) is 4. The Balaban J connectivity index is 2.31. The first-order chi connectivity index (χ1) is 10.0. The van der Waals surface area contributed by atoms with Crippen molar-refractivity contribution in [3.8, 4) is 5.75 Å². The van der Waals surface area contributed by atoms with E-state index < -0.39 is 0 Å². The summed E-state index contributed by atoms with van der Waals surface area (Å²) in [5.41, 5.74) is 6.41. The molecular weight excluding hydrogens is 266 g/mol. The van der Waals surface area contributed by atoms with Gasteiger partial charge in [0.15, 0.2) is 0 Å². The molecule has 0 heterocycles. The number of carbonyl (C=O) groups is 1. The number of carbonyl (C=O) groups excluding carboxylic acids is 1. The summed E-state index contributed by atoms with van der Waals surface area (Å²) in [6.07, 6.45) is 1.92. The van der Waals surface area contributed by atoms with E-state index in [-0.39, 0.29) is 5.91 Å². The van der Waals surface area contributed by atoms with E-state index in [1.165, 1.54) is 0 Å². The molecule has 0 aromatic heterocycles. The lowest BCUT2D eigenvalue weighted by Gasteiger charge is -2.22. The van der Waals surface area contributed by atoms with Crippen LogP contribution in [-0.4, -0.2) is 56.0 Å². The van der Waals surface area contributed by atoms with Gasteiger partial charge in [-0.15, -0.1) is 0 Å². The largest absolute Gasteiger partial charge is 0.493 e. The second kappa shape index (κ2) is 9.23. The third kappa shape index (κ3) is 6.99. The molecule has 1 amide bonds. The molecule has 0 bridgehead atoms. The van der Waals surface area contributed by atoms with Gasteiger partial charge in [0.05, 0.1) is 13.2 Å². The van der Waals surface area contributed by atoms with Gasteiger partial charge >= 0.3 is 0 Å². The van der Waals surface area contributed by atoms with Crippen molar-refractivity contribution in [3.63, 3.8) is 0 Å². The summed E-state index contributed by atoms with van der Waals surface area (Å²) < 4.78 is 5.67. The van der Waals surface area contributed by atoms with Crippen LogP contribution in [-0.2, 0) is 4.79 Å². The SMILES string of the molecule is CCCN(CCCOc1cccc(N)c1)CC(=O)N(C)C. The third-order valence-corrected chi connectivity index (χ3v) is 3.14. The van der Waals surface area contributed by atoms with E-state index in [4.69, 9.17) is 10.5 Å². The Morgan fingerprint density at radius 1 is 1.29 bits per heavy atom. The first-order valence-corrected chi connectivity index (χ1v) is 7.43. The van der Waals surface area contributed by atoms with Crippen LogP contribution < -0.4 is 10.5 Å². The normalized spacial score (nSPS) is 10.7. The van der Waals surface area contributed by atoms with E-state index in [0.29, 0.717) is 18.8 Å². The minimum atomic E-state index is 0.139. The number of nitrogens with two attached hydrogens (primary N) is 1. The van der Waals surface area contributed by atoms with Crippen molar-refractivity contribution in [1.82, 2.24) is 9.80 Å². The van der Waals surface area contributed by atoms with Gasteiger partial charge in [-0.3, -0.25) is 9.69 Å². The Morgan fingerprint density at radius 3 is 2.67 bits per heavy atom. The molecule has 1 aromatic carbocycles. The zero-order valence-corrected chi connectivity index (χ0v) is 13.3. The fourth-order valence-corrected chi connectivity index (χ4v) is 2.00. The summed E-state index contributed by atoms with van der Waals surface area (Å²) in [5.74, 6) is 0.932. The molecule has 0 radical (unpaired) electrons. The molecule has 0 spiro atoms. The highest BCUT2D eigenvalue weighted by Crippen LogP contribution is 2.14. The second-order valence-electron chi connectivity index (χ2n) is 5.34. The van der Waals surface area contributed by atoms with Crippen LogP contribution in [0.4, 0.5) is 5.69 Å². The lowest BCUT2D eigenvalue weighted by molar-refractivity contribution is -0.129. The molecule has 0 aliphatic carbocycles. The Kier molecular flexibility index (Phi) is 7.61. The predicted molar refractivity (Wildman–Crippen MR) is 86.4 cm³/mol. The minimum Gasteiger partial charge on any atom is -0.493 e. The number of nitrogen functional groups attached to an aromatic ring is 1. The van der Waals surface area contributed by atoms with Gasteiger partial charge < -0.3 is 15.4 Å². The summed E-state index contributed by atoms with van der Waals surface area (Å²) >= 11 is 0. The Labute approximate surface area is 127 Å². The lowest BCUT2D eigenvalue weighted by Crippen LogP contribution is -2.37. The molecule has 0 unspecified atom stereocenters. The van der Waals surface area contributed by atoms with Crippen molar-refractivity contribution in [3.05, 3.63) is 24.3 Å². The smallest absolute Gasteiger partial charge is 0.236 e.